The Morgan fingerprint density at radius 1 is 1.57 bits per heavy atom. The number of ether oxygens (including phenoxy) is 2. The fraction of sp³-hybridized carbons (Fsp3) is 0.900. The molecule has 14 heavy (non-hydrogen) atoms. The molecular weight excluding hydrogens is 182 g/mol. The van der Waals surface area contributed by atoms with Crippen molar-refractivity contribution in [3.05, 3.63) is 0 Å². The molecule has 2 heterocycles. The molecule has 2 atom stereocenters. The van der Waals surface area contributed by atoms with Crippen molar-refractivity contribution in [3.8, 4) is 0 Å². The predicted octanol–water partition coefficient (Wildman–Crippen LogP) is 0.459. The van der Waals surface area contributed by atoms with Crippen molar-refractivity contribution in [2.75, 3.05) is 13.2 Å². The van der Waals surface area contributed by atoms with Gasteiger partial charge in [0.05, 0.1) is 6.61 Å². The third-order valence-electron chi connectivity index (χ3n) is 2.58. The molecule has 0 amide bonds. The van der Waals surface area contributed by atoms with Gasteiger partial charge in [0.1, 0.15) is 5.60 Å². The Morgan fingerprint density at radius 2 is 2.29 bits per heavy atom. The molecule has 80 valence electrons. The van der Waals surface area contributed by atoms with Gasteiger partial charge in [-0.25, -0.2) is 4.79 Å². The van der Waals surface area contributed by atoms with Crippen LogP contribution >= 0.6 is 0 Å². The van der Waals surface area contributed by atoms with Crippen LogP contribution < -0.4 is 5.32 Å². The topological polar surface area (TPSA) is 47.6 Å². The van der Waals surface area contributed by atoms with E-state index in [-0.39, 0.29) is 5.97 Å². The zero-order chi connectivity index (χ0) is 10.4. The second-order valence-corrected chi connectivity index (χ2v) is 5.09. The van der Waals surface area contributed by atoms with Gasteiger partial charge < -0.3 is 14.8 Å². The van der Waals surface area contributed by atoms with Crippen molar-refractivity contribution in [3.63, 3.8) is 0 Å². The lowest BCUT2D eigenvalue weighted by molar-refractivity contribution is -0.178. The highest BCUT2D eigenvalue weighted by Gasteiger charge is 2.53. The van der Waals surface area contributed by atoms with Crippen LogP contribution in [0.1, 0.15) is 27.2 Å². The number of hydrogen-bond donors (Lipinski definition) is 1. The van der Waals surface area contributed by atoms with Gasteiger partial charge in [-0.05, 0) is 20.8 Å². The Hall–Kier alpha value is -0.610. The number of hydrogen-bond acceptors (Lipinski definition) is 4. The number of carbonyl (C=O) groups is 1. The van der Waals surface area contributed by atoms with E-state index in [4.69, 9.17) is 9.47 Å². The van der Waals surface area contributed by atoms with Crippen molar-refractivity contribution in [2.45, 2.75) is 44.4 Å². The van der Waals surface area contributed by atoms with E-state index in [1.165, 1.54) is 0 Å². The highest BCUT2D eigenvalue weighted by atomic mass is 16.6. The number of rotatable bonds is 1. The van der Waals surface area contributed by atoms with E-state index >= 15 is 0 Å². The molecule has 0 aromatic rings. The average molecular weight is 199 g/mol. The Morgan fingerprint density at radius 3 is 2.64 bits per heavy atom. The third-order valence-corrected chi connectivity index (χ3v) is 2.58. The van der Waals surface area contributed by atoms with E-state index in [2.05, 4.69) is 5.32 Å². The highest BCUT2D eigenvalue weighted by Crippen LogP contribution is 2.33. The normalized spacial score (nSPS) is 36.1. The highest BCUT2D eigenvalue weighted by molar-refractivity contribution is 5.81. The van der Waals surface area contributed by atoms with Crippen molar-refractivity contribution < 1.29 is 14.3 Å². The maximum Gasteiger partial charge on any atom is 0.340 e. The molecule has 2 rings (SSSR count). The zero-order valence-electron chi connectivity index (χ0n) is 8.92. The van der Waals surface area contributed by atoms with Gasteiger partial charge in [-0.1, -0.05) is 0 Å². The Balaban J connectivity index is 2.04. The SMILES string of the molecule is CC(C)(C)OC(=O)C12CNC(CO1)C2. The molecule has 2 unspecified atom stereocenters. The van der Waals surface area contributed by atoms with Gasteiger partial charge in [-0.3, -0.25) is 0 Å². The second-order valence-electron chi connectivity index (χ2n) is 5.09. The van der Waals surface area contributed by atoms with Gasteiger partial charge in [0.2, 0.25) is 0 Å². The maximum absolute atomic E-state index is 11.9. The fourth-order valence-electron chi connectivity index (χ4n) is 1.93. The minimum absolute atomic E-state index is 0.225. The minimum atomic E-state index is -0.696. The van der Waals surface area contributed by atoms with Gasteiger partial charge in [0.15, 0.2) is 5.60 Å². The molecule has 2 aliphatic rings. The summed E-state index contributed by atoms with van der Waals surface area (Å²) in [6.07, 6.45) is 0.752. The number of carbonyl (C=O) groups excluding carboxylic acids is 1. The lowest BCUT2D eigenvalue weighted by Crippen LogP contribution is -2.48. The van der Waals surface area contributed by atoms with Crippen LogP contribution in [0.5, 0.6) is 0 Å². The van der Waals surface area contributed by atoms with Gasteiger partial charge >= 0.3 is 5.97 Å². The largest absolute Gasteiger partial charge is 0.458 e. The van der Waals surface area contributed by atoms with Crippen LogP contribution in [0.3, 0.4) is 0 Å². The summed E-state index contributed by atoms with van der Waals surface area (Å²) in [7, 11) is 0. The zero-order valence-corrected chi connectivity index (χ0v) is 8.92. The standard InChI is InChI=1S/C10H17NO3/c1-9(2,3)14-8(12)10-4-7(5-13-10)11-6-10/h7,11H,4-6H2,1-3H3. The smallest absolute Gasteiger partial charge is 0.340 e. The molecule has 4 nitrogen and oxygen atoms in total. The first-order chi connectivity index (χ1) is 6.41. The van der Waals surface area contributed by atoms with Gasteiger partial charge in [0.25, 0.3) is 0 Å². The summed E-state index contributed by atoms with van der Waals surface area (Å²) in [5.41, 5.74) is -1.13. The average Bonchev–Trinajstić information content (AvgIpc) is 2.60. The first kappa shape index (κ1) is 9.93. The molecule has 0 aromatic heterocycles. The van der Waals surface area contributed by atoms with E-state index < -0.39 is 11.2 Å². The van der Waals surface area contributed by atoms with Gasteiger partial charge in [0, 0.05) is 19.0 Å². The van der Waals surface area contributed by atoms with Crippen LogP contribution in [0.15, 0.2) is 0 Å². The summed E-state index contributed by atoms with van der Waals surface area (Å²) in [5, 5.41) is 3.24. The monoisotopic (exact) mass is 199 g/mol. The van der Waals surface area contributed by atoms with Gasteiger partial charge in [-0.15, -0.1) is 0 Å². The molecule has 2 bridgehead atoms. The second kappa shape index (κ2) is 2.94. The molecule has 2 aliphatic heterocycles. The Bertz CT molecular complexity index is 249. The van der Waals surface area contributed by atoms with Gasteiger partial charge in [-0.2, -0.15) is 0 Å². The molecule has 2 saturated heterocycles. The van der Waals surface area contributed by atoms with Crippen LogP contribution in [0, 0.1) is 0 Å². The number of nitrogens with one attached hydrogen (secondary N) is 1. The maximum atomic E-state index is 11.9. The number of fused-ring (bicyclic) bond motifs is 2. The number of morpholine rings is 1. The molecule has 0 saturated carbocycles. The van der Waals surface area contributed by atoms with Crippen LogP contribution in [-0.2, 0) is 14.3 Å². The van der Waals surface area contributed by atoms with Crippen molar-refractivity contribution in [2.24, 2.45) is 0 Å². The van der Waals surface area contributed by atoms with Crippen molar-refractivity contribution >= 4 is 5.97 Å². The van der Waals surface area contributed by atoms with E-state index in [0.29, 0.717) is 19.2 Å². The molecule has 0 radical (unpaired) electrons. The van der Waals surface area contributed by atoms with E-state index in [9.17, 15) is 4.79 Å². The first-order valence-electron chi connectivity index (χ1n) is 5.02. The minimum Gasteiger partial charge on any atom is -0.458 e. The number of esters is 1. The summed E-state index contributed by atoms with van der Waals surface area (Å²) in [5.74, 6) is -0.225. The molecule has 0 spiro atoms. The fourth-order valence-corrected chi connectivity index (χ4v) is 1.93. The van der Waals surface area contributed by atoms with Crippen LogP contribution in [0.25, 0.3) is 0 Å². The summed E-state index contributed by atoms with van der Waals surface area (Å²) in [6, 6.07) is 0.336. The van der Waals surface area contributed by atoms with Crippen molar-refractivity contribution in [1.29, 1.82) is 0 Å². The van der Waals surface area contributed by atoms with E-state index in [1.54, 1.807) is 0 Å². The van der Waals surface area contributed by atoms with Crippen molar-refractivity contribution in [1.82, 2.24) is 5.32 Å². The summed E-state index contributed by atoms with van der Waals surface area (Å²) < 4.78 is 10.8. The Kier molecular flexibility index (Phi) is 2.08. The summed E-state index contributed by atoms with van der Waals surface area (Å²) >= 11 is 0. The molecule has 1 N–H and O–H groups in total. The van der Waals surface area contributed by atoms with E-state index in [1.807, 2.05) is 20.8 Å². The lowest BCUT2D eigenvalue weighted by atomic mass is 10.0. The van der Waals surface area contributed by atoms with E-state index in [0.717, 1.165) is 6.42 Å². The lowest BCUT2D eigenvalue weighted by Gasteiger charge is -2.29. The molecule has 0 aromatic carbocycles. The van der Waals surface area contributed by atoms with Crippen LogP contribution in [0.4, 0.5) is 0 Å². The molecular formula is C10H17NO3. The Labute approximate surface area is 84.0 Å². The quantitative estimate of drug-likeness (QED) is 0.623. The summed E-state index contributed by atoms with van der Waals surface area (Å²) in [4.78, 5) is 11.9. The van der Waals surface area contributed by atoms with Crippen LogP contribution in [-0.4, -0.2) is 36.4 Å². The molecule has 4 heteroatoms. The third kappa shape index (κ3) is 1.64. The summed E-state index contributed by atoms with van der Waals surface area (Å²) in [6.45, 7) is 6.83. The predicted molar refractivity (Wildman–Crippen MR) is 50.9 cm³/mol. The molecule has 2 fully saturated rings. The molecule has 0 aliphatic carbocycles. The van der Waals surface area contributed by atoms with Crippen LogP contribution in [0.2, 0.25) is 0 Å². The first-order valence-corrected chi connectivity index (χ1v) is 5.02.